The molecule has 3 aromatic rings. The molecule has 3 aromatic carbocycles. The van der Waals surface area contributed by atoms with Gasteiger partial charge in [0.05, 0.1) is 10.6 Å². The maximum atomic E-state index is 12.1. The van der Waals surface area contributed by atoms with Gasteiger partial charge in [-0.3, -0.25) is 4.79 Å². The molecule has 0 bridgehead atoms. The molecule has 0 aliphatic heterocycles. The van der Waals surface area contributed by atoms with Crippen molar-refractivity contribution in [1.29, 1.82) is 0 Å². The van der Waals surface area contributed by atoms with Crippen molar-refractivity contribution < 1.29 is 13.2 Å². The number of nitrogens with one attached hydrogen (secondary N) is 1. The third-order valence-electron chi connectivity index (χ3n) is 4.32. The van der Waals surface area contributed by atoms with Crippen LogP contribution in [0.15, 0.2) is 88.7 Å². The number of carbonyl (C=O) groups excluding carboxylic acids is 1. The second kappa shape index (κ2) is 9.73. The van der Waals surface area contributed by atoms with Gasteiger partial charge in [-0.25, -0.2) is 13.6 Å². The molecule has 0 aromatic heterocycles. The molecule has 3 rings (SSSR count). The number of carbonyl (C=O) groups is 1. The van der Waals surface area contributed by atoms with Gasteiger partial charge >= 0.3 is 0 Å². The molecule has 5 nitrogen and oxygen atoms in total. The molecule has 7 heteroatoms. The van der Waals surface area contributed by atoms with Gasteiger partial charge in [-0.15, -0.1) is 11.8 Å². The average Bonchev–Trinajstić information content (AvgIpc) is 2.73. The first kappa shape index (κ1) is 21.1. The predicted octanol–water partition coefficient (Wildman–Crippen LogP) is 3.45. The van der Waals surface area contributed by atoms with Crippen LogP contribution in [0.4, 0.5) is 0 Å². The number of hydrogen-bond acceptors (Lipinski definition) is 4. The fraction of sp³-hybridized carbons (Fsp3) is 0.136. The van der Waals surface area contributed by atoms with E-state index in [1.807, 2.05) is 30.3 Å². The van der Waals surface area contributed by atoms with Gasteiger partial charge in [-0.1, -0.05) is 54.6 Å². The van der Waals surface area contributed by atoms with E-state index >= 15 is 0 Å². The zero-order valence-corrected chi connectivity index (χ0v) is 17.4. The monoisotopic (exact) mass is 426 g/mol. The van der Waals surface area contributed by atoms with E-state index in [1.165, 1.54) is 29.5 Å². The summed E-state index contributed by atoms with van der Waals surface area (Å²) in [6, 6.07) is 24.7. The highest BCUT2D eigenvalue weighted by Gasteiger charge is 2.07. The molecule has 0 radical (unpaired) electrons. The molecule has 0 atom stereocenters. The summed E-state index contributed by atoms with van der Waals surface area (Å²) in [5.41, 5.74) is 3.24. The Bertz CT molecular complexity index is 1050. The number of thioether (sulfide) groups is 1. The number of benzene rings is 3. The maximum absolute atomic E-state index is 12.1. The summed E-state index contributed by atoms with van der Waals surface area (Å²) in [7, 11) is -3.68. The molecule has 3 N–H and O–H groups in total. The van der Waals surface area contributed by atoms with Gasteiger partial charge in [0.2, 0.25) is 15.9 Å². The van der Waals surface area contributed by atoms with E-state index < -0.39 is 10.0 Å². The Morgan fingerprint density at radius 2 is 1.48 bits per heavy atom. The summed E-state index contributed by atoms with van der Waals surface area (Å²) >= 11 is 1.49. The lowest BCUT2D eigenvalue weighted by atomic mass is 10.1. The lowest BCUT2D eigenvalue weighted by Crippen LogP contribution is -2.27. The van der Waals surface area contributed by atoms with E-state index in [9.17, 15) is 13.2 Å². The van der Waals surface area contributed by atoms with Crippen LogP contribution in [-0.2, 0) is 21.2 Å². The van der Waals surface area contributed by atoms with Crippen LogP contribution in [0.2, 0.25) is 0 Å². The van der Waals surface area contributed by atoms with Crippen LogP contribution in [0.3, 0.4) is 0 Å². The SMILES string of the molecule is NS(=O)(=O)c1ccc(CCNC(=O)CSc2ccc(-c3ccccc3)cc2)cc1. The predicted molar refractivity (Wildman–Crippen MR) is 117 cm³/mol. The normalized spacial score (nSPS) is 11.2. The van der Waals surface area contributed by atoms with Crippen molar-refractivity contribution in [3.8, 4) is 11.1 Å². The Balaban J connectivity index is 1.42. The Morgan fingerprint density at radius 3 is 2.10 bits per heavy atom. The molecule has 0 aliphatic rings. The number of amides is 1. The molecule has 0 heterocycles. The van der Waals surface area contributed by atoms with E-state index in [1.54, 1.807) is 12.1 Å². The van der Waals surface area contributed by atoms with Crippen molar-refractivity contribution in [1.82, 2.24) is 5.32 Å². The van der Waals surface area contributed by atoms with Gasteiger partial charge < -0.3 is 5.32 Å². The van der Waals surface area contributed by atoms with Crippen LogP contribution in [0, 0.1) is 0 Å². The van der Waals surface area contributed by atoms with Crippen molar-refractivity contribution in [2.24, 2.45) is 5.14 Å². The minimum Gasteiger partial charge on any atom is -0.355 e. The fourth-order valence-corrected chi connectivity index (χ4v) is 4.01. The highest BCUT2D eigenvalue weighted by atomic mass is 32.2. The Labute approximate surface area is 175 Å². The lowest BCUT2D eigenvalue weighted by Gasteiger charge is -2.07. The van der Waals surface area contributed by atoms with Gasteiger partial charge in [0.25, 0.3) is 0 Å². The van der Waals surface area contributed by atoms with Crippen LogP contribution in [0.1, 0.15) is 5.56 Å². The van der Waals surface area contributed by atoms with Crippen molar-refractivity contribution >= 4 is 27.7 Å². The molecular formula is C22H22N2O3S2. The van der Waals surface area contributed by atoms with Crippen LogP contribution in [0.5, 0.6) is 0 Å². The first-order valence-electron chi connectivity index (χ1n) is 9.08. The minimum atomic E-state index is -3.68. The second-order valence-corrected chi connectivity index (χ2v) is 9.08. The molecule has 1 amide bonds. The van der Waals surface area contributed by atoms with E-state index in [0.717, 1.165) is 16.0 Å². The van der Waals surface area contributed by atoms with Gasteiger partial charge in [-0.05, 0) is 47.4 Å². The van der Waals surface area contributed by atoms with Gasteiger partial charge in [0.1, 0.15) is 0 Å². The smallest absolute Gasteiger partial charge is 0.238 e. The van der Waals surface area contributed by atoms with Crippen molar-refractivity contribution in [2.75, 3.05) is 12.3 Å². The fourth-order valence-electron chi connectivity index (χ4n) is 2.77. The van der Waals surface area contributed by atoms with Crippen LogP contribution >= 0.6 is 11.8 Å². The Kier molecular flexibility index (Phi) is 7.09. The minimum absolute atomic E-state index is 0.0386. The topological polar surface area (TPSA) is 89.3 Å². The van der Waals surface area contributed by atoms with Crippen molar-refractivity contribution in [3.05, 3.63) is 84.4 Å². The number of sulfonamides is 1. The standard InChI is InChI=1S/C22H22N2O3S2/c23-29(26,27)21-12-6-17(7-13-21)14-15-24-22(25)16-28-20-10-8-19(9-11-20)18-4-2-1-3-5-18/h1-13H,14-16H2,(H,24,25)(H2,23,26,27). The first-order chi connectivity index (χ1) is 13.9. The molecule has 0 spiro atoms. The summed E-state index contributed by atoms with van der Waals surface area (Å²) < 4.78 is 22.5. The number of primary sulfonamides is 1. The number of rotatable bonds is 8. The summed E-state index contributed by atoms with van der Waals surface area (Å²) in [4.78, 5) is 13.2. The van der Waals surface area contributed by atoms with Crippen LogP contribution in [-0.4, -0.2) is 26.6 Å². The zero-order valence-electron chi connectivity index (χ0n) is 15.7. The molecule has 0 unspecified atom stereocenters. The molecule has 0 saturated heterocycles. The van der Waals surface area contributed by atoms with Crippen molar-refractivity contribution in [3.63, 3.8) is 0 Å². The largest absolute Gasteiger partial charge is 0.355 e. The average molecular weight is 427 g/mol. The molecule has 29 heavy (non-hydrogen) atoms. The van der Waals surface area contributed by atoms with Gasteiger partial charge in [0.15, 0.2) is 0 Å². The molecule has 150 valence electrons. The molecule has 0 aliphatic carbocycles. The van der Waals surface area contributed by atoms with E-state index in [-0.39, 0.29) is 10.8 Å². The lowest BCUT2D eigenvalue weighted by molar-refractivity contribution is -0.118. The summed E-state index contributed by atoms with van der Waals surface area (Å²) in [6.45, 7) is 0.487. The molecule has 0 fully saturated rings. The Morgan fingerprint density at radius 1 is 0.862 bits per heavy atom. The Hall–Kier alpha value is -2.61. The number of nitrogens with two attached hydrogens (primary N) is 1. The summed E-state index contributed by atoms with van der Waals surface area (Å²) in [6.07, 6.45) is 0.618. The van der Waals surface area contributed by atoms with Crippen molar-refractivity contribution in [2.45, 2.75) is 16.2 Å². The highest BCUT2D eigenvalue weighted by molar-refractivity contribution is 8.00. The maximum Gasteiger partial charge on any atom is 0.238 e. The van der Waals surface area contributed by atoms with E-state index in [4.69, 9.17) is 5.14 Å². The third kappa shape index (κ3) is 6.45. The highest BCUT2D eigenvalue weighted by Crippen LogP contribution is 2.23. The summed E-state index contributed by atoms with van der Waals surface area (Å²) in [5.74, 6) is 0.304. The zero-order chi connectivity index (χ0) is 20.7. The van der Waals surface area contributed by atoms with Crippen LogP contribution < -0.4 is 10.5 Å². The van der Waals surface area contributed by atoms with Gasteiger partial charge in [0, 0.05) is 11.4 Å². The molecular weight excluding hydrogens is 404 g/mol. The van der Waals surface area contributed by atoms with E-state index in [0.29, 0.717) is 18.7 Å². The van der Waals surface area contributed by atoms with E-state index in [2.05, 4.69) is 29.6 Å². The first-order valence-corrected chi connectivity index (χ1v) is 11.6. The quantitative estimate of drug-likeness (QED) is 0.540. The summed E-state index contributed by atoms with van der Waals surface area (Å²) in [5, 5.41) is 7.96. The second-order valence-electron chi connectivity index (χ2n) is 6.47. The number of hydrogen-bond donors (Lipinski definition) is 2. The van der Waals surface area contributed by atoms with Crippen LogP contribution in [0.25, 0.3) is 11.1 Å². The van der Waals surface area contributed by atoms with Gasteiger partial charge in [-0.2, -0.15) is 0 Å². The molecule has 0 saturated carbocycles. The third-order valence-corrected chi connectivity index (χ3v) is 6.26.